The van der Waals surface area contributed by atoms with Gasteiger partial charge < -0.3 is 19.6 Å². The number of ether oxygens (including phenoxy) is 2. The van der Waals surface area contributed by atoms with Gasteiger partial charge >= 0.3 is 5.97 Å². The Balaban J connectivity index is 1.69. The third kappa shape index (κ3) is 3.68. The average Bonchev–Trinajstić information content (AvgIpc) is 2.94. The molecule has 0 amide bonds. The van der Waals surface area contributed by atoms with Crippen LogP contribution in [0.3, 0.4) is 0 Å². The predicted octanol–water partition coefficient (Wildman–Crippen LogP) is 2.67. The first kappa shape index (κ1) is 19.0. The number of aryl methyl sites for hydroxylation is 1. The van der Waals surface area contributed by atoms with Crippen LogP contribution < -0.4 is 9.47 Å². The van der Waals surface area contributed by atoms with E-state index in [2.05, 4.69) is 4.98 Å². The van der Waals surface area contributed by atoms with E-state index in [4.69, 9.17) is 9.47 Å². The Morgan fingerprint density at radius 3 is 2.59 bits per heavy atom. The number of H-pyrrole nitrogens is 1. The van der Waals surface area contributed by atoms with Gasteiger partial charge in [0.25, 0.3) is 0 Å². The molecule has 2 N–H and O–H groups in total. The van der Waals surface area contributed by atoms with Crippen LogP contribution in [0.2, 0.25) is 0 Å². The molecular formula is C20H24N2O5. The van der Waals surface area contributed by atoms with Gasteiger partial charge in [0.15, 0.2) is 17.3 Å². The number of carboxylic acids is 1. The highest BCUT2D eigenvalue weighted by atomic mass is 16.6. The highest BCUT2D eigenvalue weighted by Crippen LogP contribution is 2.31. The van der Waals surface area contributed by atoms with Crippen LogP contribution in [0.25, 0.3) is 0 Å². The number of aromatic amines is 1. The second kappa shape index (κ2) is 7.44. The Morgan fingerprint density at radius 2 is 1.96 bits per heavy atom. The van der Waals surface area contributed by atoms with Crippen molar-refractivity contribution in [3.05, 3.63) is 46.8 Å². The molecule has 1 aliphatic rings. The number of aromatic carboxylic acids is 1. The van der Waals surface area contributed by atoms with E-state index in [-0.39, 0.29) is 17.5 Å². The van der Waals surface area contributed by atoms with Gasteiger partial charge in [-0.15, -0.1) is 0 Å². The molecule has 1 aromatic carbocycles. The summed E-state index contributed by atoms with van der Waals surface area (Å²) in [4.78, 5) is 29.1. The van der Waals surface area contributed by atoms with Crippen LogP contribution in [0.15, 0.2) is 24.3 Å². The van der Waals surface area contributed by atoms with Crippen LogP contribution in [0, 0.1) is 13.8 Å². The molecule has 1 aliphatic heterocycles. The first-order chi connectivity index (χ1) is 12.8. The molecule has 0 saturated heterocycles. The summed E-state index contributed by atoms with van der Waals surface area (Å²) < 4.78 is 11.7. The summed E-state index contributed by atoms with van der Waals surface area (Å²) in [6.07, 6.45) is -0.193. The Bertz CT molecular complexity index is 873. The van der Waals surface area contributed by atoms with Crippen LogP contribution >= 0.6 is 0 Å². The van der Waals surface area contributed by atoms with Crippen LogP contribution in [-0.4, -0.2) is 59.1 Å². The summed E-state index contributed by atoms with van der Waals surface area (Å²) >= 11 is 0. The van der Waals surface area contributed by atoms with Crippen molar-refractivity contribution in [2.75, 3.05) is 20.2 Å². The van der Waals surface area contributed by atoms with Crippen LogP contribution in [-0.2, 0) is 0 Å². The van der Waals surface area contributed by atoms with E-state index in [0.29, 0.717) is 35.9 Å². The second-order valence-electron chi connectivity index (χ2n) is 6.91. The first-order valence-corrected chi connectivity index (χ1v) is 8.85. The van der Waals surface area contributed by atoms with E-state index in [1.165, 1.54) is 0 Å². The predicted molar refractivity (Wildman–Crippen MR) is 100 cm³/mol. The minimum atomic E-state index is -1.03. The van der Waals surface area contributed by atoms with Gasteiger partial charge in [0, 0.05) is 12.2 Å². The SMILES string of the molecule is Cc1[nH]c(C(=O)C(C)N(C)CC2COc3ccccc3O2)c(C)c1C(=O)O. The lowest BCUT2D eigenvalue weighted by atomic mass is 10.0. The fourth-order valence-corrected chi connectivity index (χ4v) is 3.36. The molecule has 7 heteroatoms. The molecule has 144 valence electrons. The van der Waals surface area contributed by atoms with E-state index in [1.807, 2.05) is 36.2 Å². The number of ketones is 1. The van der Waals surface area contributed by atoms with Crippen molar-refractivity contribution in [3.8, 4) is 11.5 Å². The maximum Gasteiger partial charge on any atom is 0.337 e. The minimum absolute atomic E-state index is 0.150. The number of rotatable bonds is 6. The van der Waals surface area contributed by atoms with Gasteiger partial charge in [0.05, 0.1) is 17.3 Å². The topological polar surface area (TPSA) is 91.9 Å². The van der Waals surface area contributed by atoms with Gasteiger partial charge in [-0.2, -0.15) is 0 Å². The molecule has 0 bridgehead atoms. The molecule has 0 spiro atoms. The largest absolute Gasteiger partial charge is 0.486 e. The maximum absolute atomic E-state index is 12.9. The normalized spacial score (nSPS) is 17.0. The van der Waals surface area contributed by atoms with Crippen molar-refractivity contribution in [3.63, 3.8) is 0 Å². The van der Waals surface area contributed by atoms with Crippen LogP contribution in [0.1, 0.15) is 39.0 Å². The number of fused-ring (bicyclic) bond motifs is 1. The smallest absolute Gasteiger partial charge is 0.337 e. The first-order valence-electron chi connectivity index (χ1n) is 8.85. The van der Waals surface area contributed by atoms with Crippen molar-refractivity contribution in [1.82, 2.24) is 9.88 Å². The molecule has 0 aliphatic carbocycles. The molecule has 7 nitrogen and oxygen atoms in total. The zero-order valence-electron chi connectivity index (χ0n) is 15.9. The molecule has 27 heavy (non-hydrogen) atoms. The minimum Gasteiger partial charge on any atom is -0.486 e. The summed E-state index contributed by atoms with van der Waals surface area (Å²) in [5.74, 6) is 0.234. The Labute approximate surface area is 157 Å². The molecule has 0 radical (unpaired) electrons. The lowest BCUT2D eigenvalue weighted by Crippen LogP contribution is -2.45. The summed E-state index contributed by atoms with van der Waals surface area (Å²) in [5, 5.41) is 9.31. The molecule has 2 heterocycles. The molecule has 3 rings (SSSR count). The van der Waals surface area contributed by atoms with E-state index in [0.717, 1.165) is 5.75 Å². The van der Waals surface area contributed by atoms with Gasteiger partial charge in [-0.3, -0.25) is 9.69 Å². The molecule has 2 atom stereocenters. The van der Waals surface area contributed by atoms with E-state index < -0.39 is 12.0 Å². The number of carbonyl (C=O) groups excluding carboxylic acids is 1. The number of benzene rings is 1. The fourth-order valence-electron chi connectivity index (χ4n) is 3.36. The molecule has 0 saturated carbocycles. The Hall–Kier alpha value is -2.80. The standard InChI is InChI=1S/C20H24N2O5/c1-11-17(20(24)25)12(2)21-18(11)19(23)13(3)22(4)9-14-10-26-15-7-5-6-8-16(15)27-14/h5-8,13-14,21H,9-10H2,1-4H3,(H,24,25). The second-order valence-corrected chi connectivity index (χ2v) is 6.91. The maximum atomic E-state index is 12.9. The number of hydrogen-bond donors (Lipinski definition) is 2. The Kier molecular flexibility index (Phi) is 5.23. The molecule has 0 fully saturated rings. The lowest BCUT2D eigenvalue weighted by Gasteiger charge is -2.31. The zero-order chi connectivity index (χ0) is 19.7. The lowest BCUT2D eigenvalue weighted by molar-refractivity contribution is 0.0521. The van der Waals surface area contributed by atoms with Gasteiger partial charge in [-0.05, 0) is 45.5 Å². The van der Waals surface area contributed by atoms with Crippen molar-refractivity contribution in [1.29, 1.82) is 0 Å². The highest BCUT2D eigenvalue weighted by Gasteiger charge is 2.29. The van der Waals surface area contributed by atoms with E-state index in [9.17, 15) is 14.7 Å². The number of carboxylic acid groups (broad SMARTS) is 1. The molecule has 2 aromatic rings. The summed E-state index contributed by atoms with van der Waals surface area (Å²) in [5.41, 5.74) is 1.46. The third-order valence-electron chi connectivity index (χ3n) is 5.00. The number of carbonyl (C=O) groups is 2. The average molecular weight is 372 g/mol. The van der Waals surface area contributed by atoms with Gasteiger partial charge in [0.1, 0.15) is 12.7 Å². The van der Waals surface area contributed by atoms with Crippen LogP contribution in [0.4, 0.5) is 0 Å². The van der Waals surface area contributed by atoms with Gasteiger partial charge in [0.2, 0.25) is 0 Å². The number of nitrogens with zero attached hydrogens (tertiary/aromatic N) is 1. The van der Waals surface area contributed by atoms with Gasteiger partial charge in [-0.25, -0.2) is 4.79 Å². The van der Waals surface area contributed by atoms with Crippen molar-refractivity contribution < 1.29 is 24.2 Å². The monoisotopic (exact) mass is 372 g/mol. The summed E-state index contributed by atoms with van der Waals surface area (Å²) in [6.45, 7) is 6.03. The van der Waals surface area contributed by atoms with Crippen molar-refractivity contribution >= 4 is 11.8 Å². The van der Waals surface area contributed by atoms with Crippen molar-refractivity contribution in [2.24, 2.45) is 0 Å². The highest BCUT2D eigenvalue weighted by molar-refractivity contribution is 6.03. The number of Topliss-reactive ketones (excluding diaryl/α,β-unsaturated/α-hetero) is 1. The summed E-state index contributed by atoms with van der Waals surface area (Å²) in [7, 11) is 1.84. The Morgan fingerprint density at radius 1 is 1.30 bits per heavy atom. The quantitative estimate of drug-likeness (QED) is 0.758. The molecule has 2 unspecified atom stereocenters. The van der Waals surface area contributed by atoms with E-state index in [1.54, 1.807) is 20.8 Å². The van der Waals surface area contributed by atoms with Crippen LogP contribution in [0.5, 0.6) is 11.5 Å². The number of para-hydroxylation sites is 2. The number of hydrogen-bond acceptors (Lipinski definition) is 5. The van der Waals surface area contributed by atoms with Gasteiger partial charge in [-0.1, -0.05) is 12.1 Å². The number of likely N-dealkylation sites (N-methyl/N-ethyl adjacent to an activating group) is 1. The number of aromatic nitrogens is 1. The van der Waals surface area contributed by atoms with E-state index >= 15 is 0 Å². The van der Waals surface area contributed by atoms with Crippen molar-refractivity contribution in [2.45, 2.75) is 32.9 Å². The fraction of sp³-hybridized carbons (Fsp3) is 0.400. The molecule has 1 aromatic heterocycles. The zero-order valence-corrected chi connectivity index (χ0v) is 15.9. The summed E-state index contributed by atoms with van der Waals surface area (Å²) in [6, 6.07) is 7.05. The third-order valence-corrected chi connectivity index (χ3v) is 5.00. The number of nitrogens with one attached hydrogen (secondary N) is 1. The molecular weight excluding hydrogens is 348 g/mol.